The maximum atomic E-state index is 12.3. The number of anilines is 2. The van der Waals surface area contributed by atoms with Gasteiger partial charge in [0.1, 0.15) is 0 Å². The molecule has 2 amide bonds. The zero-order valence-electron chi connectivity index (χ0n) is 10.6. The van der Waals surface area contributed by atoms with E-state index in [1.54, 1.807) is 0 Å². The van der Waals surface area contributed by atoms with Crippen LogP contribution in [0.2, 0.25) is 0 Å². The van der Waals surface area contributed by atoms with Crippen LogP contribution < -0.4 is 21.5 Å². The number of amides is 2. The highest BCUT2D eigenvalue weighted by Gasteiger charge is 2.17. The molecular weight excluding hydrogens is 272 g/mol. The molecule has 0 atom stereocenters. The molecule has 0 bridgehead atoms. The lowest BCUT2D eigenvalue weighted by Gasteiger charge is -2.23. The average molecular weight is 286 g/mol. The van der Waals surface area contributed by atoms with Gasteiger partial charge in [0.05, 0.1) is 11.4 Å². The maximum absolute atomic E-state index is 12.3. The molecule has 2 aromatic rings. The molecule has 6 heteroatoms. The summed E-state index contributed by atoms with van der Waals surface area (Å²) in [5.41, 5.74) is 11.7. The largest absolute Gasteiger partial charge is 0.375 e. The molecule has 0 aliphatic rings. The Kier molecular flexibility index (Phi) is 4.52. The minimum atomic E-state index is -0.379. The van der Waals surface area contributed by atoms with Gasteiger partial charge in [0.15, 0.2) is 5.11 Å². The van der Waals surface area contributed by atoms with Gasteiger partial charge < -0.3 is 5.73 Å². The summed E-state index contributed by atoms with van der Waals surface area (Å²) >= 11 is 4.67. The van der Waals surface area contributed by atoms with Crippen molar-refractivity contribution in [3.05, 3.63) is 60.7 Å². The second-order valence-corrected chi connectivity index (χ2v) is 4.37. The molecule has 5 nitrogen and oxygen atoms in total. The summed E-state index contributed by atoms with van der Waals surface area (Å²) in [7, 11) is 0. The van der Waals surface area contributed by atoms with Gasteiger partial charge >= 0.3 is 6.03 Å². The molecule has 0 aliphatic carbocycles. The second-order valence-electron chi connectivity index (χ2n) is 3.93. The Hall–Kier alpha value is -2.60. The summed E-state index contributed by atoms with van der Waals surface area (Å²) in [5.74, 6) is 0. The molecule has 0 heterocycles. The number of nitrogens with two attached hydrogens (primary N) is 1. The number of hydrazine groups is 1. The minimum Gasteiger partial charge on any atom is -0.375 e. The van der Waals surface area contributed by atoms with Crippen LogP contribution in [0, 0.1) is 0 Å². The summed E-state index contributed by atoms with van der Waals surface area (Å²) in [5, 5.41) is -0.000534. The van der Waals surface area contributed by atoms with E-state index >= 15 is 0 Å². The van der Waals surface area contributed by atoms with Crippen LogP contribution in [0.4, 0.5) is 16.2 Å². The van der Waals surface area contributed by atoms with E-state index in [-0.39, 0.29) is 11.1 Å². The van der Waals surface area contributed by atoms with Gasteiger partial charge in [-0.3, -0.25) is 10.3 Å². The van der Waals surface area contributed by atoms with Gasteiger partial charge in [0.2, 0.25) is 0 Å². The van der Waals surface area contributed by atoms with E-state index in [1.807, 2.05) is 60.7 Å². The molecule has 0 spiro atoms. The maximum Gasteiger partial charge on any atom is 0.345 e. The van der Waals surface area contributed by atoms with E-state index < -0.39 is 0 Å². The third-order valence-electron chi connectivity index (χ3n) is 2.52. The summed E-state index contributed by atoms with van der Waals surface area (Å²) in [6.45, 7) is 0. The number of carbonyl (C=O) groups is 1. The van der Waals surface area contributed by atoms with E-state index in [0.29, 0.717) is 0 Å². The van der Waals surface area contributed by atoms with Gasteiger partial charge in [-0.15, -0.1) is 0 Å². The number of benzene rings is 2. The number of rotatable bonds is 2. The van der Waals surface area contributed by atoms with Gasteiger partial charge in [0.25, 0.3) is 0 Å². The Balaban J connectivity index is 2.30. The van der Waals surface area contributed by atoms with E-state index in [9.17, 15) is 4.79 Å². The Bertz CT molecular complexity index is 549. The number of carbonyl (C=O) groups excluding carboxylic acids is 1. The Labute approximate surface area is 122 Å². The fourth-order valence-corrected chi connectivity index (χ4v) is 1.76. The first-order valence-corrected chi connectivity index (χ1v) is 6.35. The van der Waals surface area contributed by atoms with Gasteiger partial charge in [-0.05, 0) is 36.5 Å². The molecule has 0 aromatic heterocycles. The van der Waals surface area contributed by atoms with Crippen molar-refractivity contribution in [1.82, 2.24) is 10.9 Å². The Morgan fingerprint density at radius 1 is 0.900 bits per heavy atom. The van der Waals surface area contributed by atoms with Crippen molar-refractivity contribution in [3.63, 3.8) is 0 Å². The fraction of sp³-hybridized carbons (Fsp3) is 0. The zero-order chi connectivity index (χ0) is 14.4. The molecule has 2 aromatic carbocycles. The Morgan fingerprint density at radius 3 is 1.75 bits per heavy atom. The predicted molar refractivity (Wildman–Crippen MR) is 83.5 cm³/mol. The number of urea groups is 1. The molecule has 20 heavy (non-hydrogen) atoms. The molecule has 0 unspecified atom stereocenters. The first-order chi connectivity index (χ1) is 9.68. The molecule has 0 saturated carbocycles. The van der Waals surface area contributed by atoms with E-state index in [1.165, 1.54) is 4.90 Å². The third-order valence-corrected chi connectivity index (χ3v) is 2.63. The minimum absolute atomic E-state index is 0.000534. The van der Waals surface area contributed by atoms with E-state index in [2.05, 4.69) is 23.1 Å². The Morgan fingerprint density at radius 2 is 1.35 bits per heavy atom. The topological polar surface area (TPSA) is 70.4 Å². The van der Waals surface area contributed by atoms with Gasteiger partial charge in [0, 0.05) is 0 Å². The van der Waals surface area contributed by atoms with E-state index in [0.717, 1.165) is 11.4 Å². The number of thiocarbonyl (C=S) groups is 1. The highest BCUT2D eigenvalue weighted by atomic mass is 32.1. The average Bonchev–Trinajstić information content (AvgIpc) is 2.48. The van der Waals surface area contributed by atoms with Crippen LogP contribution >= 0.6 is 12.2 Å². The van der Waals surface area contributed by atoms with Crippen molar-refractivity contribution >= 4 is 34.7 Å². The summed E-state index contributed by atoms with van der Waals surface area (Å²) in [6.07, 6.45) is 0. The predicted octanol–water partition coefficient (Wildman–Crippen LogP) is 2.28. The molecular formula is C14H14N4OS. The monoisotopic (exact) mass is 286 g/mol. The van der Waals surface area contributed by atoms with Crippen LogP contribution in [-0.2, 0) is 0 Å². The smallest absolute Gasteiger partial charge is 0.345 e. The zero-order valence-corrected chi connectivity index (χ0v) is 11.4. The van der Waals surface area contributed by atoms with Crippen molar-refractivity contribution in [2.75, 3.05) is 4.90 Å². The molecule has 2 rings (SSSR count). The lowest BCUT2D eigenvalue weighted by molar-refractivity contribution is 0.247. The third kappa shape index (κ3) is 3.46. The van der Waals surface area contributed by atoms with Gasteiger partial charge in [-0.25, -0.2) is 10.2 Å². The second kappa shape index (κ2) is 6.53. The molecule has 0 saturated heterocycles. The van der Waals surface area contributed by atoms with Crippen LogP contribution in [0.5, 0.6) is 0 Å². The highest BCUT2D eigenvalue weighted by Crippen LogP contribution is 2.24. The number of nitrogens with zero attached hydrogens (tertiary/aromatic N) is 1. The first-order valence-electron chi connectivity index (χ1n) is 5.94. The lowest BCUT2D eigenvalue weighted by atomic mass is 10.2. The van der Waals surface area contributed by atoms with Crippen molar-refractivity contribution in [2.24, 2.45) is 5.73 Å². The van der Waals surface area contributed by atoms with Crippen LogP contribution in [0.1, 0.15) is 0 Å². The molecule has 0 aliphatic heterocycles. The van der Waals surface area contributed by atoms with Crippen LogP contribution in [0.25, 0.3) is 0 Å². The van der Waals surface area contributed by atoms with Crippen LogP contribution in [-0.4, -0.2) is 11.1 Å². The van der Waals surface area contributed by atoms with Crippen LogP contribution in [0.15, 0.2) is 60.7 Å². The number of hydrogen-bond donors (Lipinski definition) is 3. The molecule has 4 N–H and O–H groups in total. The molecule has 0 radical (unpaired) electrons. The van der Waals surface area contributed by atoms with Gasteiger partial charge in [-0.2, -0.15) is 0 Å². The van der Waals surface area contributed by atoms with Crippen molar-refractivity contribution in [3.8, 4) is 0 Å². The highest BCUT2D eigenvalue weighted by molar-refractivity contribution is 7.80. The van der Waals surface area contributed by atoms with Crippen molar-refractivity contribution in [1.29, 1.82) is 0 Å². The number of hydrogen-bond acceptors (Lipinski definition) is 2. The van der Waals surface area contributed by atoms with Crippen molar-refractivity contribution < 1.29 is 4.79 Å². The van der Waals surface area contributed by atoms with E-state index in [4.69, 9.17) is 5.73 Å². The lowest BCUT2D eigenvalue weighted by Crippen LogP contribution is -2.49. The number of nitrogens with one attached hydrogen (secondary N) is 2. The SMILES string of the molecule is NC(=S)NNC(=O)N(c1ccccc1)c1ccccc1. The quantitative estimate of drug-likeness (QED) is 0.585. The van der Waals surface area contributed by atoms with Crippen molar-refractivity contribution in [2.45, 2.75) is 0 Å². The first kappa shape index (κ1) is 13.8. The number of para-hydroxylation sites is 2. The molecule has 102 valence electrons. The fourth-order valence-electron chi connectivity index (χ4n) is 1.71. The summed E-state index contributed by atoms with van der Waals surface area (Å²) < 4.78 is 0. The summed E-state index contributed by atoms with van der Waals surface area (Å²) in [4.78, 5) is 13.8. The van der Waals surface area contributed by atoms with Gasteiger partial charge in [-0.1, -0.05) is 36.4 Å². The standard InChI is InChI=1S/C14H14N4OS/c15-13(20)16-17-14(19)18(11-7-3-1-4-8-11)12-9-5-2-6-10-12/h1-10H,(H,17,19)(H3,15,16,20). The molecule has 0 fully saturated rings. The van der Waals surface area contributed by atoms with Crippen LogP contribution in [0.3, 0.4) is 0 Å². The summed E-state index contributed by atoms with van der Waals surface area (Å²) in [6, 6.07) is 18.2. The normalized spacial score (nSPS) is 9.60.